The second kappa shape index (κ2) is 6.45. The number of halogens is 2. The van der Waals surface area contributed by atoms with E-state index in [-0.39, 0.29) is 17.5 Å². The van der Waals surface area contributed by atoms with Gasteiger partial charge in [0.1, 0.15) is 10.8 Å². The quantitative estimate of drug-likeness (QED) is 0.789. The number of anilines is 1. The van der Waals surface area contributed by atoms with Gasteiger partial charge < -0.3 is 5.32 Å². The van der Waals surface area contributed by atoms with Crippen molar-refractivity contribution in [2.24, 2.45) is 7.05 Å². The zero-order valence-corrected chi connectivity index (χ0v) is 13.9. The lowest BCUT2D eigenvalue weighted by atomic mass is 10.2. The number of amides is 1. The van der Waals surface area contributed by atoms with Crippen LogP contribution in [-0.4, -0.2) is 25.5 Å². The van der Waals surface area contributed by atoms with Crippen LogP contribution in [0.1, 0.15) is 21.7 Å². The number of aryl methyl sites for hydroxylation is 2. The van der Waals surface area contributed by atoms with E-state index in [1.54, 1.807) is 40.8 Å². The first-order valence-electron chi connectivity index (χ1n) is 7.22. The number of hydrogen-bond acceptors (Lipinski definition) is 3. The number of carbonyl (C=O) groups is 1. The van der Waals surface area contributed by atoms with E-state index in [4.69, 9.17) is 11.6 Å². The Labute approximate surface area is 142 Å². The first-order valence-corrected chi connectivity index (χ1v) is 7.59. The molecule has 2 aromatic heterocycles. The van der Waals surface area contributed by atoms with Crippen molar-refractivity contribution >= 4 is 23.3 Å². The van der Waals surface area contributed by atoms with E-state index in [1.165, 1.54) is 12.1 Å². The van der Waals surface area contributed by atoms with Crippen LogP contribution in [0, 0.1) is 12.7 Å². The molecule has 0 aliphatic carbocycles. The van der Waals surface area contributed by atoms with Crippen molar-refractivity contribution in [1.82, 2.24) is 19.6 Å². The lowest BCUT2D eigenvalue weighted by molar-refractivity contribution is 0.102. The average Bonchev–Trinajstić information content (AvgIpc) is 3.05. The van der Waals surface area contributed by atoms with E-state index in [2.05, 4.69) is 15.5 Å². The molecule has 0 aliphatic heterocycles. The minimum atomic E-state index is -0.382. The number of aromatic nitrogens is 4. The number of rotatable bonds is 4. The first kappa shape index (κ1) is 16.2. The zero-order chi connectivity index (χ0) is 17.3. The van der Waals surface area contributed by atoms with Gasteiger partial charge in [-0.1, -0.05) is 23.7 Å². The van der Waals surface area contributed by atoms with E-state index in [0.29, 0.717) is 17.3 Å². The van der Waals surface area contributed by atoms with Crippen LogP contribution in [0.15, 0.2) is 36.5 Å². The molecule has 0 spiro atoms. The molecular formula is C16H15ClFN5O. The van der Waals surface area contributed by atoms with E-state index in [9.17, 15) is 9.18 Å². The van der Waals surface area contributed by atoms with Crippen LogP contribution >= 0.6 is 11.6 Å². The SMILES string of the molecule is Cc1cc(C(=O)Nc2nn(Cc3ccc(F)cc3)cc2Cl)nn1C. The Hall–Kier alpha value is -2.67. The maximum atomic E-state index is 12.9. The van der Waals surface area contributed by atoms with Gasteiger partial charge in [-0.15, -0.1) is 0 Å². The number of carbonyl (C=O) groups excluding carboxylic acids is 1. The molecule has 1 aromatic carbocycles. The van der Waals surface area contributed by atoms with E-state index in [0.717, 1.165) is 11.3 Å². The topological polar surface area (TPSA) is 64.7 Å². The molecule has 1 N–H and O–H groups in total. The summed E-state index contributed by atoms with van der Waals surface area (Å²) in [5.74, 6) is -0.421. The van der Waals surface area contributed by atoms with Crippen LogP contribution in [0.2, 0.25) is 5.02 Å². The summed E-state index contributed by atoms with van der Waals surface area (Å²) in [4.78, 5) is 12.2. The van der Waals surface area contributed by atoms with Gasteiger partial charge in [-0.3, -0.25) is 14.2 Å². The van der Waals surface area contributed by atoms with Crippen molar-refractivity contribution in [3.05, 3.63) is 64.3 Å². The van der Waals surface area contributed by atoms with Crippen LogP contribution in [-0.2, 0) is 13.6 Å². The number of benzene rings is 1. The highest BCUT2D eigenvalue weighted by Crippen LogP contribution is 2.21. The summed E-state index contributed by atoms with van der Waals surface area (Å²) < 4.78 is 16.1. The molecule has 0 aliphatic rings. The summed E-state index contributed by atoms with van der Waals surface area (Å²) in [7, 11) is 1.76. The third-order valence-electron chi connectivity index (χ3n) is 3.55. The Morgan fingerprint density at radius 3 is 2.62 bits per heavy atom. The summed E-state index contributed by atoms with van der Waals surface area (Å²) in [6, 6.07) is 7.78. The van der Waals surface area contributed by atoms with Gasteiger partial charge >= 0.3 is 0 Å². The van der Waals surface area contributed by atoms with Crippen molar-refractivity contribution in [2.75, 3.05) is 5.32 Å². The van der Waals surface area contributed by atoms with E-state index in [1.807, 2.05) is 6.92 Å². The van der Waals surface area contributed by atoms with Gasteiger partial charge in [-0.25, -0.2) is 4.39 Å². The van der Waals surface area contributed by atoms with Crippen molar-refractivity contribution < 1.29 is 9.18 Å². The standard InChI is InChI=1S/C16H15ClFN5O/c1-10-7-14(20-22(10)2)16(24)19-15-13(17)9-23(21-15)8-11-3-5-12(18)6-4-11/h3-7,9H,8H2,1-2H3,(H,19,21,24). The highest BCUT2D eigenvalue weighted by atomic mass is 35.5. The van der Waals surface area contributed by atoms with Crippen LogP contribution in [0.25, 0.3) is 0 Å². The van der Waals surface area contributed by atoms with Gasteiger partial charge in [0.05, 0.1) is 6.54 Å². The summed E-state index contributed by atoms with van der Waals surface area (Å²) in [6.07, 6.45) is 1.60. The summed E-state index contributed by atoms with van der Waals surface area (Å²) in [5, 5.41) is 11.3. The monoisotopic (exact) mass is 347 g/mol. The van der Waals surface area contributed by atoms with Crippen LogP contribution < -0.4 is 5.32 Å². The molecule has 2 heterocycles. The van der Waals surface area contributed by atoms with Crippen LogP contribution in [0.5, 0.6) is 0 Å². The largest absolute Gasteiger partial charge is 0.302 e. The Morgan fingerprint density at radius 2 is 2.00 bits per heavy atom. The Balaban J connectivity index is 1.74. The number of hydrogen-bond donors (Lipinski definition) is 1. The average molecular weight is 348 g/mol. The Bertz CT molecular complexity index is 865. The van der Waals surface area contributed by atoms with E-state index < -0.39 is 0 Å². The lowest BCUT2D eigenvalue weighted by Gasteiger charge is -2.02. The molecule has 3 aromatic rings. The fourth-order valence-corrected chi connectivity index (χ4v) is 2.38. The highest BCUT2D eigenvalue weighted by Gasteiger charge is 2.15. The minimum absolute atomic E-state index is 0.257. The third kappa shape index (κ3) is 3.46. The molecule has 0 saturated heterocycles. The smallest absolute Gasteiger partial charge is 0.277 e. The number of nitrogens with zero attached hydrogens (tertiary/aromatic N) is 4. The van der Waals surface area contributed by atoms with Crippen molar-refractivity contribution in [3.63, 3.8) is 0 Å². The summed E-state index contributed by atoms with van der Waals surface area (Å²) in [5.41, 5.74) is 2.03. The molecule has 6 nitrogen and oxygen atoms in total. The summed E-state index contributed by atoms with van der Waals surface area (Å²) >= 11 is 6.12. The molecule has 8 heteroatoms. The molecule has 0 radical (unpaired) electrons. The molecule has 24 heavy (non-hydrogen) atoms. The second-order valence-corrected chi connectivity index (χ2v) is 5.81. The van der Waals surface area contributed by atoms with Gasteiger partial charge in [0.2, 0.25) is 0 Å². The molecule has 1 amide bonds. The Morgan fingerprint density at radius 1 is 1.29 bits per heavy atom. The summed E-state index contributed by atoms with van der Waals surface area (Å²) in [6.45, 7) is 2.27. The second-order valence-electron chi connectivity index (χ2n) is 5.40. The third-order valence-corrected chi connectivity index (χ3v) is 3.83. The predicted molar refractivity (Wildman–Crippen MR) is 88.6 cm³/mol. The Kier molecular flexibility index (Phi) is 4.35. The van der Waals surface area contributed by atoms with Gasteiger partial charge in [-0.05, 0) is 30.7 Å². The van der Waals surface area contributed by atoms with Crippen LogP contribution in [0.3, 0.4) is 0 Å². The fourth-order valence-electron chi connectivity index (χ4n) is 2.18. The van der Waals surface area contributed by atoms with Crippen molar-refractivity contribution in [2.45, 2.75) is 13.5 Å². The van der Waals surface area contributed by atoms with Gasteiger partial charge in [-0.2, -0.15) is 10.2 Å². The molecule has 3 rings (SSSR count). The van der Waals surface area contributed by atoms with Crippen molar-refractivity contribution in [3.8, 4) is 0 Å². The molecule has 0 atom stereocenters. The molecular weight excluding hydrogens is 333 g/mol. The zero-order valence-electron chi connectivity index (χ0n) is 13.1. The molecule has 124 valence electrons. The lowest BCUT2D eigenvalue weighted by Crippen LogP contribution is -2.14. The van der Waals surface area contributed by atoms with Gasteiger partial charge in [0.25, 0.3) is 5.91 Å². The van der Waals surface area contributed by atoms with Crippen molar-refractivity contribution in [1.29, 1.82) is 0 Å². The highest BCUT2D eigenvalue weighted by molar-refractivity contribution is 6.33. The minimum Gasteiger partial charge on any atom is -0.302 e. The molecule has 0 saturated carbocycles. The maximum absolute atomic E-state index is 12.9. The molecule has 0 fully saturated rings. The van der Waals surface area contributed by atoms with Crippen LogP contribution in [0.4, 0.5) is 10.2 Å². The normalized spacial score (nSPS) is 10.8. The molecule has 0 bridgehead atoms. The number of nitrogens with one attached hydrogen (secondary N) is 1. The molecule has 0 unspecified atom stereocenters. The predicted octanol–water partition coefficient (Wildman–Crippen LogP) is 3.02. The van der Waals surface area contributed by atoms with Gasteiger partial charge in [0.15, 0.2) is 11.5 Å². The van der Waals surface area contributed by atoms with Gasteiger partial charge in [0, 0.05) is 18.9 Å². The fraction of sp³-hybridized carbons (Fsp3) is 0.188. The first-order chi connectivity index (χ1) is 11.4. The maximum Gasteiger partial charge on any atom is 0.277 e. The van der Waals surface area contributed by atoms with E-state index >= 15 is 0 Å².